The van der Waals surface area contributed by atoms with Gasteiger partial charge in [-0.25, -0.2) is 0 Å². The van der Waals surface area contributed by atoms with Gasteiger partial charge in [0.2, 0.25) is 0 Å². The molecule has 2 aliphatic carbocycles. The van der Waals surface area contributed by atoms with Gasteiger partial charge in [-0.15, -0.1) is 0 Å². The van der Waals surface area contributed by atoms with Crippen LogP contribution in [-0.4, -0.2) is 0 Å². The summed E-state index contributed by atoms with van der Waals surface area (Å²) in [6.07, 6.45) is 15.9. The largest absolute Gasteiger partial charge is 0.0991 e. The first-order valence-electron chi connectivity index (χ1n) is 7.13. The average Bonchev–Trinajstić information content (AvgIpc) is 2.89. The molecule has 1 aromatic rings. The van der Waals surface area contributed by atoms with E-state index in [9.17, 15) is 0 Å². The SMILES string of the molecule is C=CC=C(c1ccccc1)C1CCC2C=CC=CC21. The average molecular weight is 248 g/mol. The third-order valence-corrected chi connectivity index (χ3v) is 4.38. The van der Waals surface area contributed by atoms with Crippen LogP contribution in [0, 0.1) is 17.8 Å². The standard InChI is InChI=1S/C19H20/c1-2-8-17(15-9-4-3-5-10-15)19-14-13-16-11-6-7-12-18(16)19/h2-12,16,18-19H,1,13-14H2. The van der Waals surface area contributed by atoms with Gasteiger partial charge in [0.25, 0.3) is 0 Å². The summed E-state index contributed by atoms with van der Waals surface area (Å²) in [4.78, 5) is 0. The molecule has 96 valence electrons. The van der Waals surface area contributed by atoms with E-state index in [-0.39, 0.29) is 0 Å². The zero-order valence-corrected chi connectivity index (χ0v) is 11.2. The lowest BCUT2D eigenvalue weighted by Gasteiger charge is -2.24. The second kappa shape index (κ2) is 5.44. The van der Waals surface area contributed by atoms with Gasteiger partial charge in [0.1, 0.15) is 0 Å². The first kappa shape index (κ1) is 12.2. The molecule has 0 radical (unpaired) electrons. The molecule has 0 nitrogen and oxygen atoms in total. The fourth-order valence-electron chi connectivity index (χ4n) is 3.51. The topological polar surface area (TPSA) is 0 Å². The molecule has 3 unspecified atom stereocenters. The lowest BCUT2D eigenvalue weighted by atomic mass is 9.80. The molecule has 0 aromatic heterocycles. The van der Waals surface area contributed by atoms with Crippen molar-refractivity contribution in [1.29, 1.82) is 0 Å². The lowest BCUT2D eigenvalue weighted by molar-refractivity contribution is 0.496. The van der Waals surface area contributed by atoms with Gasteiger partial charge in [-0.3, -0.25) is 0 Å². The van der Waals surface area contributed by atoms with Crippen LogP contribution in [0.25, 0.3) is 5.57 Å². The second-order valence-electron chi connectivity index (χ2n) is 5.42. The highest BCUT2D eigenvalue weighted by molar-refractivity contribution is 5.69. The summed E-state index contributed by atoms with van der Waals surface area (Å²) < 4.78 is 0. The number of allylic oxidation sites excluding steroid dienone is 7. The normalized spacial score (nSPS) is 29.3. The Morgan fingerprint density at radius 2 is 1.84 bits per heavy atom. The third-order valence-electron chi connectivity index (χ3n) is 4.38. The van der Waals surface area contributed by atoms with E-state index in [0.29, 0.717) is 11.8 Å². The van der Waals surface area contributed by atoms with Gasteiger partial charge in [0.05, 0.1) is 0 Å². The van der Waals surface area contributed by atoms with Crippen molar-refractivity contribution in [3.05, 3.63) is 78.9 Å². The smallest absolute Gasteiger partial charge is 0.00871 e. The van der Waals surface area contributed by atoms with Crippen LogP contribution in [0.2, 0.25) is 0 Å². The van der Waals surface area contributed by atoms with Crippen molar-refractivity contribution >= 4 is 5.57 Å². The summed E-state index contributed by atoms with van der Waals surface area (Å²) >= 11 is 0. The Morgan fingerprint density at radius 3 is 2.63 bits per heavy atom. The van der Waals surface area contributed by atoms with Crippen molar-refractivity contribution in [1.82, 2.24) is 0 Å². The molecule has 19 heavy (non-hydrogen) atoms. The molecule has 2 aliphatic rings. The molecule has 0 spiro atoms. The fraction of sp³-hybridized carbons (Fsp3) is 0.263. The first-order chi connectivity index (χ1) is 9.40. The van der Waals surface area contributed by atoms with Crippen molar-refractivity contribution in [2.75, 3.05) is 0 Å². The number of hydrogen-bond donors (Lipinski definition) is 0. The molecule has 3 rings (SSSR count). The summed E-state index contributed by atoms with van der Waals surface area (Å²) in [5.74, 6) is 2.02. The van der Waals surface area contributed by atoms with E-state index in [1.165, 1.54) is 24.0 Å². The molecule has 0 bridgehead atoms. The highest BCUT2D eigenvalue weighted by Crippen LogP contribution is 2.46. The molecule has 3 atom stereocenters. The Hall–Kier alpha value is -1.82. The van der Waals surface area contributed by atoms with Crippen LogP contribution in [0.3, 0.4) is 0 Å². The molecule has 0 amide bonds. The summed E-state index contributed by atoms with van der Waals surface area (Å²) in [7, 11) is 0. The van der Waals surface area contributed by atoms with Crippen molar-refractivity contribution < 1.29 is 0 Å². The summed E-state index contributed by atoms with van der Waals surface area (Å²) in [6, 6.07) is 10.7. The van der Waals surface area contributed by atoms with Crippen LogP contribution in [0.5, 0.6) is 0 Å². The second-order valence-corrected chi connectivity index (χ2v) is 5.42. The zero-order valence-electron chi connectivity index (χ0n) is 11.2. The Morgan fingerprint density at radius 1 is 1.05 bits per heavy atom. The van der Waals surface area contributed by atoms with Gasteiger partial charge in [0, 0.05) is 0 Å². The molecule has 1 aromatic carbocycles. The minimum atomic E-state index is 0.631. The lowest BCUT2D eigenvalue weighted by Crippen LogP contribution is -2.14. The van der Waals surface area contributed by atoms with Gasteiger partial charge in [0.15, 0.2) is 0 Å². The Labute approximate surface area is 115 Å². The molecular formula is C19H20. The van der Waals surface area contributed by atoms with E-state index in [0.717, 1.165) is 5.92 Å². The molecule has 0 aliphatic heterocycles. The summed E-state index contributed by atoms with van der Waals surface area (Å²) in [5.41, 5.74) is 2.79. The highest BCUT2D eigenvalue weighted by atomic mass is 14.4. The van der Waals surface area contributed by atoms with Crippen LogP contribution in [0.1, 0.15) is 18.4 Å². The van der Waals surface area contributed by atoms with E-state index < -0.39 is 0 Å². The zero-order chi connectivity index (χ0) is 13.1. The quantitative estimate of drug-likeness (QED) is 0.658. The van der Waals surface area contributed by atoms with E-state index in [2.05, 4.69) is 67.3 Å². The van der Waals surface area contributed by atoms with E-state index >= 15 is 0 Å². The Bertz CT molecular complexity index is 530. The molecule has 1 fully saturated rings. The minimum absolute atomic E-state index is 0.631. The maximum absolute atomic E-state index is 3.89. The van der Waals surface area contributed by atoms with Crippen molar-refractivity contribution in [3.63, 3.8) is 0 Å². The van der Waals surface area contributed by atoms with Gasteiger partial charge in [-0.05, 0) is 41.7 Å². The van der Waals surface area contributed by atoms with Gasteiger partial charge in [-0.2, -0.15) is 0 Å². The van der Waals surface area contributed by atoms with Gasteiger partial charge in [-0.1, -0.05) is 73.4 Å². The molecule has 0 N–H and O–H groups in total. The van der Waals surface area contributed by atoms with Crippen LogP contribution < -0.4 is 0 Å². The highest BCUT2D eigenvalue weighted by Gasteiger charge is 2.35. The van der Waals surface area contributed by atoms with E-state index in [1.807, 2.05) is 6.08 Å². The fourth-order valence-corrected chi connectivity index (χ4v) is 3.51. The Balaban J connectivity index is 1.94. The van der Waals surface area contributed by atoms with E-state index in [4.69, 9.17) is 0 Å². The minimum Gasteiger partial charge on any atom is -0.0991 e. The maximum Gasteiger partial charge on any atom is -0.00871 e. The first-order valence-corrected chi connectivity index (χ1v) is 7.13. The van der Waals surface area contributed by atoms with Crippen LogP contribution in [-0.2, 0) is 0 Å². The van der Waals surface area contributed by atoms with Gasteiger partial charge >= 0.3 is 0 Å². The van der Waals surface area contributed by atoms with Crippen molar-refractivity contribution in [3.8, 4) is 0 Å². The maximum atomic E-state index is 3.89. The molecule has 1 saturated carbocycles. The van der Waals surface area contributed by atoms with Gasteiger partial charge < -0.3 is 0 Å². The molecule has 0 heterocycles. The summed E-state index contributed by atoms with van der Waals surface area (Å²) in [5, 5.41) is 0. The van der Waals surface area contributed by atoms with Crippen LogP contribution in [0.4, 0.5) is 0 Å². The molecule has 0 heteroatoms. The number of hydrogen-bond acceptors (Lipinski definition) is 0. The van der Waals surface area contributed by atoms with Crippen LogP contribution in [0.15, 0.2) is 73.4 Å². The molecule has 0 saturated heterocycles. The van der Waals surface area contributed by atoms with Crippen molar-refractivity contribution in [2.45, 2.75) is 12.8 Å². The molecular weight excluding hydrogens is 228 g/mol. The third kappa shape index (κ3) is 2.35. The van der Waals surface area contributed by atoms with Crippen LogP contribution >= 0.6 is 0 Å². The number of benzene rings is 1. The predicted octanol–water partition coefficient (Wildman–Crippen LogP) is 5.02. The Kier molecular flexibility index (Phi) is 3.50. The monoisotopic (exact) mass is 248 g/mol. The number of fused-ring (bicyclic) bond motifs is 1. The van der Waals surface area contributed by atoms with E-state index in [1.54, 1.807) is 0 Å². The number of rotatable bonds is 3. The summed E-state index contributed by atoms with van der Waals surface area (Å²) in [6.45, 7) is 3.89. The predicted molar refractivity (Wildman–Crippen MR) is 82.6 cm³/mol. The van der Waals surface area contributed by atoms with Crippen molar-refractivity contribution in [2.24, 2.45) is 17.8 Å².